The van der Waals surface area contributed by atoms with E-state index in [4.69, 9.17) is 16.3 Å². The smallest absolute Gasteiger partial charge is 0.323 e. The van der Waals surface area contributed by atoms with E-state index in [2.05, 4.69) is 10.6 Å². The van der Waals surface area contributed by atoms with Crippen molar-refractivity contribution in [1.29, 1.82) is 0 Å². The van der Waals surface area contributed by atoms with Crippen LogP contribution >= 0.6 is 11.6 Å². The summed E-state index contributed by atoms with van der Waals surface area (Å²) in [7, 11) is 1.68. The van der Waals surface area contributed by atoms with Crippen molar-refractivity contribution >= 4 is 40.6 Å². The van der Waals surface area contributed by atoms with E-state index in [0.717, 1.165) is 0 Å². The Morgan fingerprint density at radius 2 is 1.71 bits per heavy atom. The van der Waals surface area contributed by atoms with Gasteiger partial charge in [0.15, 0.2) is 5.75 Å². The predicted molar refractivity (Wildman–Crippen MR) is 110 cm³/mol. The van der Waals surface area contributed by atoms with Crippen molar-refractivity contribution in [3.63, 3.8) is 0 Å². The third kappa shape index (κ3) is 3.37. The van der Waals surface area contributed by atoms with Crippen LogP contribution in [0.1, 0.15) is 10.4 Å². The Labute approximate surface area is 166 Å². The van der Waals surface area contributed by atoms with Crippen LogP contribution in [0.3, 0.4) is 0 Å². The van der Waals surface area contributed by atoms with Gasteiger partial charge < -0.3 is 20.3 Å². The molecule has 0 aliphatic carbocycles. The molecular formula is C21H16ClN3O3. The first-order chi connectivity index (χ1) is 13.5. The molecule has 6 nitrogen and oxygen atoms in total. The minimum Gasteiger partial charge on any atom is -0.454 e. The third-order valence-corrected chi connectivity index (χ3v) is 4.67. The molecule has 1 aliphatic heterocycles. The Morgan fingerprint density at radius 3 is 2.54 bits per heavy atom. The average molecular weight is 394 g/mol. The molecule has 0 spiro atoms. The number of fused-ring (bicyclic) bond motifs is 2. The molecule has 0 aromatic heterocycles. The summed E-state index contributed by atoms with van der Waals surface area (Å²) in [6.45, 7) is 0. The summed E-state index contributed by atoms with van der Waals surface area (Å²) in [5.74, 6) is 0.795. The largest absolute Gasteiger partial charge is 0.454 e. The monoisotopic (exact) mass is 393 g/mol. The van der Waals surface area contributed by atoms with Crippen molar-refractivity contribution in [2.24, 2.45) is 0 Å². The number of benzene rings is 3. The van der Waals surface area contributed by atoms with E-state index >= 15 is 0 Å². The standard InChI is InChI=1S/C21H16ClN3O3/c1-25-17-8-4-5-9-19(17)28-18-11-10-13(12-14(18)20(25)26)23-21(27)24-16-7-3-2-6-15(16)22/h2-12H,1H3,(H2,23,24,27). The Morgan fingerprint density at radius 1 is 0.964 bits per heavy atom. The SMILES string of the molecule is CN1C(=O)c2cc(NC(=O)Nc3ccccc3Cl)ccc2Oc2ccccc21. The number of amides is 3. The van der Waals surface area contributed by atoms with E-state index in [1.807, 2.05) is 18.2 Å². The fourth-order valence-corrected chi connectivity index (χ4v) is 3.12. The Kier molecular flexibility index (Phi) is 4.63. The lowest BCUT2D eigenvalue weighted by Crippen LogP contribution is -2.25. The molecule has 0 atom stereocenters. The maximum absolute atomic E-state index is 12.9. The predicted octanol–water partition coefficient (Wildman–Crippen LogP) is 5.37. The number of carbonyl (C=O) groups is 2. The highest BCUT2D eigenvalue weighted by Crippen LogP contribution is 2.38. The molecule has 3 aromatic carbocycles. The van der Waals surface area contributed by atoms with Gasteiger partial charge in [0.05, 0.1) is 22.0 Å². The van der Waals surface area contributed by atoms with Crippen LogP contribution in [0, 0.1) is 0 Å². The number of halogens is 1. The topological polar surface area (TPSA) is 70.7 Å². The molecule has 0 fully saturated rings. The second-order valence-corrected chi connectivity index (χ2v) is 6.61. The van der Waals surface area contributed by atoms with Gasteiger partial charge in [-0.05, 0) is 42.5 Å². The van der Waals surface area contributed by atoms with E-state index in [1.54, 1.807) is 55.6 Å². The van der Waals surface area contributed by atoms with Gasteiger partial charge in [-0.25, -0.2) is 4.79 Å². The van der Waals surface area contributed by atoms with E-state index in [9.17, 15) is 9.59 Å². The molecule has 1 heterocycles. The zero-order chi connectivity index (χ0) is 19.7. The number of rotatable bonds is 2. The molecule has 0 radical (unpaired) electrons. The van der Waals surface area contributed by atoms with Gasteiger partial charge in [-0.15, -0.1) is 0 Å². The zero-order valence-corrected chi connectivity index (χ0v) is 15.7. The van der Waals surface area contributed by atoms with Gasteiger partial charge in [-0.2, -0.15) is 0 Å². The maximum Gasteiger partial charge on any atom is 0.323 e. The summed E-state index contributed by atoms with van der Waals surface area (Å²) in [5.41, 5.74) is 1.98. The number of urea groups is 1. The second kappa shape index (κ2) is 7.25. The van der Waals surface area contributed by atoms with Gasteiger partial charge >= 0.3 is 6.03 Å². The fourth-order valence-electron chi connectivity index (χ4n) is 2.94. The highest BCUT2D eigenvalue weighted by atomic mass is 35.5. The number of ether oxygens (including phenoxy) is 1. The first-order valence-corrected chi connectivity index (χ1v) is 8.92. The van der Waals surface area contributed by atoms with Crippen molar-refractivity contribution in [2.45, 2.75) is 0 Å². The molecule has 28 heavy (non-hydrogen) atoms. The Balaban J connectivity index is 1.58. The van der Waals surface area contributed by atoms with Crippen LogP contribution in [0.25, 0.3) is 0 Å². The highest BCUT2D eigenvalue weighted by Gasteiger charge is 2.25. The van der Waals surface area contributed by atoms with Crippen LogP contribution in [-0.4, -0.2) is 19.0 Å². The third-order valence-electron chi connectivity index (χ3n) is 4.34. The summed E-state index contributed by atoms with van der Waals surface area (Å²) in [6, 6.07) is 18.7. The molecule has 140 valence electrons. The molecule has 0 saturated heterocycles. The van der Waals surface area contributed by atoms with Crippen LogP contribution < -0.4 is 20.3 Å². The molecule has 3 amide bonds. The Hall–Kier alpha value is -3.51. The summed E-state index contributed by atoms with van der Waals surface area (Å²) in [5, 5.41) is 5.82. The quantitative estimate of drug-likeness (QED) is 0.615. The van der Waals surface area contributed by atoms with Gasteiger partial charge in [0.25, 0.3) is 5.91 Å². The highest BCUT2D eigenvalue weighted by molar-refractivity contribution is 6.33. The molecule has 7 heteroatoms. The lowest BCUT2D eigenvalue weighted by atomic mass is 10.1. The molecule has 0 bridgehead atoms. The molecule has 1 aliphatic rings. The number of hydrogen-bond acceptors (Lipinski definition) is 3. The van der Waals surface area contributed by atoms with E-state index in [0.29, 0.717) is 39.1 Å². The summed E-state index contributed by atoms with van der Waals surface area (Å²) < 4.78 is 5.91. The summed E-state index contributed by atoms with van der Waals surface area (Å²) >= 11 is 6.05. The van der Waals surface area contributed by atoms with Gasteiger partial charge in [0.1, 0.15) is 5.75 Å². The number of carbonyl (C=O) groups excluding carboxylic acids is 2. The summed E-state index contributed by atoms with van der Waals surface area (Å²) in [6.07, 6.45) is 0. The zero-order valence-electron chi connectivity index (χ0n) is 14.9. The lowest BCUT2D eigenvalue weighted by molar-refractivity contribution is 0.0993. The molecule has 4 rings (SSSR count). The average Bonchev–Trinajstić information content (AvgIpc) is 2.79. The first kappa shape index (κ1) is 17.9. The second-order valence-electron chi connectivity index (χ2n) is 6.20. The van der Waals surface area contributed by atoms with Crippen molar-refractivity contribution < 1.29 is 14.3 Å². The minimum absolute atomic E-state index is 0.227. The maximum atomic E-state index is 12.9. The lowest BCUT2D eigenvalue weighted by Gasteiger charge is -2.16. The van der Waals surface area contributed by atoms with Crippen molar-refractivity contribution in [2.75, 3.05) is 22.6 Å². The molecule has 2 N–H and O–H groups in total. The number of anilines is 3. The van der Waals surface area contributed by atoms with Crippen molar-refractivity contribution in [3.05, 3.63) is 77.3 Å². The summed E-state index contributed by atoms with van der Waals surface area (Å²) in [4.78, 5) is 26.7. The fraction of sp³-hybridized carbons (Fsp3) is 0.0476. The number of hydrogen-bond donors (Lipinski definition) is 2. The van der Waals surface area contributed by atoms with Gasteiger partial charge in [0, 0.05) is 12.7 Å². The van der Waals surface area contributed by atoms with Crippen LogP contribution in [0.4, 0.5) is 21.9 Å². The normalized spacial score (nSPS) is 12.4. The molecule has 3 aromatic rings. The molecule has 0 unspecified atom stereocenters. The number of para-hydroxylation sites is 3. The number of nitrogens with one attached hydrogen (secondary N) is 2. The van der Waals surface area contributed by atoms with Crippen molar-refractivity contribution in [3.8, 4) is 11.5 Å². The Bertz CT molecular complexity index is 1080. The van der Waals surface area contributed by atoms with Gasteiger partial charge in [-0.1, -0.05) is 35.9 Å². The van der Waals surface area contributed by atoms with E-state index < -0.39 is 6.03 Å². The van der Waals surface area contributed by atoms with Crippen molar-refractivity contribution in [1.82, 2.24) is 0 Å². The molecular weight excluding hydrogens is 378 g/mol. The molecule has 0 saturated carbocycles. The van der Waals surface area contributed by atoms with Crippen LogP contribution in [0.5, 0.6) is 11.5 Å². The van der Waals surface area contributed by atoms with Gasteiger partial charge in [0.2, 0.25) is 0 Å². The number of nitrogens with zero attached hydrogens (tertiary/aromatic N) is 1. The van der Waals surface area contributed by atoms with Crippen LogP contribution in [-0.2, 0) is 0 Å². The van der Waals surface area contributed by atoms with Crippen LogP contribution in [0.2, 0.25) is 5.02 Å². The van der Waals surface area contributed by atoms with E-state index in [-0.39, 0.29) is 5.91 Å². The van der Waals surface area contributed by atoms with Crippen LogP contribution in [0.15, 0.2) is 66.7 Å². The van der Waals surface area contributed by atoms with E-state index in [1.165, 1.54) is 4.90 Å². The minimum atomic E-state index is -0.466. The van der Waals surface area contributed by atoms with Gasteiger partial charge in [-0.3, -0.25) is 4.79 Å². The first-order valence-electron chi connectivity index (χ1n) is 8.54.